The minimum Gasteiger partial charge on any atom is -0.321 e. The molecule has 0 atom stereocenters. The summed E-state index contributed by atoms with van der Waals surface area (Å²) in [4.78, 5) is 28.9. The highest BCUT2D eigenvalue weighted by molar-refractivity contribution is 9.10. The lowest BCUT2D eigenvalue weighted by Crippen LogP contribution is -2.15. The monoisotopic (exact) mass is 425 g/mol. The number of hydrogen-bond acceptors (Lipinski definition) is 4. The fourth-order valence-corrected chi connectivity index (χ4v) is 2.86. The third kappa shape index (κ3) is 4.22. The summed E-state index contributed by atoms with van der Waals surface area (Å²) in [6.07, 6.45) is 3.87. The maximum Gasteiger partial charge on any atom is 0.276 e. The summed E-state index contributed by atoms with van der Waals surface area (Å²) in [6.45, 7) is 0. The van der Waals surface area contributed by atoms with Gasteiger partial charge in [0.2, 0.25) is 0 Å². The predicted octanol–water partition coefficient (Wildman–Crippen LogP) is 3.95. The van der Waals surface area contributed by atoms with E-state index in [0.717, 1.165) is 23.0 Å². The molecular weight excluding hydrogens is 410 g/mol. The van der Waals surface area contributed by atoms with Crippen LogP contribution in [0.3, 0.4) is 0 Å². The molecule has 2 heterocycles. The number of carbonyl (C=O) groups is 2. The van der Waals surface area contributed by atoms with Gasteiger partial charge < -0.3 is 10.6 Å². The molecule has 1 aliphatic rings. The molecule has 1 saturated carbocycles. The Labute approximate surface area is 163 Å². The molecule has 1 aliphatic carbocycles. The molecule has 0 bridgehead atoms. The van der Waals surface area contributed by atoms with Crippen LogP contribution in [0.25, 0.3) is 0 Å². The minimum absolute atomic E-state index is 0.309. The second-order valence-corrected chi connectivity index (χ2v) is 7.25. The Morgan fingerprint density at radius 1 is 1.07 bits per heavy atom. The zero-order chi connectivity index (χ0) is 18.8. The Bertz CT molecular complexity index is 995. The predicted molar refractivity (Wildman–Crippen MR) is 105 cm³/mol. The van der Waals surface area contributed by atoms with Crippen molar-refractivity contribution in [2.75, 3.05) is 10.6 Å². The van der Waals surface area contributed by atoms with Gasteiger partial charge in [-0.15, -0.1) is 0 Å². The second kappa shape index (κ2) is 7.32. The third-order valence-electron chi connectivity index (χ3n) is 4.20. The van der Waals surface area contributed by atoms with E-state index in [1.54, 1.807) is 48.7 Å². The summed E-state index contributed by atoms with van der Waals surface area (Å²) in [5.41, 5.74) is 2.27. The molecule has 8 heteroatoms. The van der Waals surface area contributed by atoms with Crippen LogP contribution in [-0.2, 0) is 0 Å². The first-order valence-corrected chi connectivity index (χ1v) is 9.27. The molecule has 0 unspecified atom stereocenters. The van der Waals surface area contributed by atoms with E-state index in [-0.39, 0.29) is 11.8 Å². The Morgan fingerprint density at radius 2 is 1.93 bits per heavy atom. The topological polar surface area (TPSA) is 99.8 Å². The van der Waals surface area contributed by atoms with Crippen LogP contribution in [0, 0.1) is 0 Å². The first-order valence-electron chi connectivity index (χ1n) is 8.48. The number of nitrogens with one attached hydrogen (secondary N) is 3. The van der Waals surface area contributed by atoms with Gasteiger partial charge in [-0.3, -0.25) is 14.7 Å². The number of amides is 2. The highest BCUT2D eigenvalue weighted by Gasteiger charge is 2.26. The van der Waals surface area contributed by atoms with Crippen LogP contribution in [-0.4, -0.2) is 27.0 Å². The van der Waals surface area contributed by atoms with Crippen molar-refractivity contribution in [3.05, 3.63) is 70.1 Å². The minimum atomic E-state index is -0.315. The van der Waals surface area contributed by atoms with Crippen LogP contribution in [0.15, 0.2) is 53.1 Å². The van der Waals surface area contributed by atoms with Crippen LogP contribution in [0.2, 0.25) is 0 Å². The molecule has 2 amide bonds. The number of pyridine rings is 1. The van der Waals surface area contributed by atoms with Crippen molar-refractivity contribution in [1.82, 2.24) is 15.2 Å². The van der Waals surface area contributed by atoms with Gasteiger partial charge in [0.05, 0.1) is 0 Å². The standard InChI is InChI=1S/C19H16BrN5O2/c20-13-6-7-17(21-10-13)23-18(26)12-2-1-3-14(8-12)22-19(27)16-9-15(24-25-16)11-4-5-11/h1-3,6-11H,4-5H2,(H,22,27)(H,24,25)(H,21,23,26). The Balaban J connectivity index is 1.43. The number of anilines is 2. The summed E-state index contributed by atoms with van der Waals surface area (Å²) in [5.74, 6) is 0.321. The van der Waals surface area contributed by atoms with Gasteiger partial charge in [0.15, 0.2) is 5.69 Å². The van der Waals surface area contributed by atoms with Crippen LogP contribution in [0.1, 0.15) is 45.3 Å². The van der Waals surface area contributed by atoms with Crippen LogP contribution in [0.4, 0.5) is 11.5 Å². The van der Waals surface area contributed by atoms with Gasteiger partial charge in [-0.1, -0.05) is 6.07 Å². The summed E-state index contributed by atoms with van der Waals surface area (Å²) in [7, 11) is 0. The highest BCUT2D eigenvalue weighted by atomic mass is 79.9. The Hall–Kier alpha value is -3.00. The molecule has 3 aromatic rings. The highest BCUT2D eigenvalue weighted by Crippen LogP contribution is 2.39. The molecule has 0 saturated heterocycles. The first-order chi connectivity index (χ1) is 13.1. The van der Waals surface area contributed by atoms with Gasteiger partial charge in [-0.2, -0.15) is 5.10 Å². The zero-order valence-corrected chi connectivity index (χ0v) is 15.8. The van der Waals surface area contributed by atoms with Crippen LogP contribution >= 0.6 is 15.9 Å². The van der Waals surface area contributed by atoms with E-state index in [2.05, 4.69) is 41.7 Å². The van der Waals surface area contributed by atoms with E-state index in [1.165, 1.54) is 0 Å². The van der Waals surface area contributed by atoms with Crippen molar-refractivity contribution in [3.8, 4) is 0 Å². The number of rotatable bonds is 5. The van der Waals surface area contributed by atoms with Gasteiger partial charge in [-0.25, -0.2) is 4.98 Å². The lowest BCUT2D eigenvalue weighted by molar-refractivity contribution is 0.101. The largest absolute Gasteiger partial charge is 0.321 e. The molecule has 136 valence electrons. The second-order valence-electron chi connectivity index (χ2n) is 6.33. The molecule has 27 heavy (non-hydrogen) atoms. The fourth-order valence-electron chi connectivity index (χ4n) is 2.63. The SMILES string of the molecule is O=C(Nc1ccc(Br)cn1)c1cccc(NC(=O)c2cc(C3CC3)[nH]n2)c1. The molecule has 1 aromatic carbocycles. The van der Waals surface area contributed by atoms with E-state index >= 15 is 0 Å². The van der Waals surface area contributed by atoms with Crippen molar-refractivity contribution in [3.63, 3.8) is 0 Å². The molecular formula is C19H16BrN5O2. The van der Waals surface area contributed by atoms with E-state index in [9.17, 15) is 9.59 Å². The van der Waals surface area contributed by atoms with Crippen LogP contribution in [0.5, 0.6) is 0 Å². The molecule has 0 radical (unpaired) electrons. The summed E-state index contributed by atoms with van der Waals surface area (Å²) < 4.78 is 0.827. The molecule has 1 fully saturated rings. The van der Waals surface area contributed by atoms with Gasteiger partial charge in [-0.05, 0) is 65.2 Å². The summed E-state index contributed by atoms with van der Waals surface area (Å²) in [5, 5.41) is 12.5. The van der Waals surface area contributed by atoms with Gasteiger partial charge in [0, 0.05) is 33.5 Å². The number of hydrogen-bond donors (Lipinski definition) is 3. The molecule has 3 N–H and O–H groups in total. The summed E-state index contributed by atoms with van der Waals surface area (Å²) >= 11 is 3.30. The Morgan fingerprint density at radius 3 is 2.67 bits per heavy atom. The van der Waals surface area contributed by atoms with Gasteiger partial charge in [0.1, 0.15) is 5.82 Å². The van der Waals surface area contributed by atoms with E-state index in [0.29, 0.717) is 28.7 Å². The smallest absolute Gasteiger partial charge is 0.276 e. The number of aromatic amines is 1. The molecule has 4 rings (SSSR count). The van der Waals surface area contributed by atoms with Gasteiger partial charge >= 0.3 is 0 Å². The van der Waals surface area contributed by atoms with Gasteiger partial charge in [0.25, 0.3) is 11.8 Å². The quantitative estimate of drug-likeness (QED) is 0.575. The number of H-pyrrole nitrogens is 1. The molecule has 7 nitrogen and oxygen atoms in total. The number of carbonyl (C=O) groups excluding carboxylic acids is 2. The average Bonchev–Trinajstić information content (AvgIpc) is 3.40. The van der Waals surface area contributed by atoms with Crippen molar-refractivity contribution in [2.45, 2.75) is 18.8 Å². The number of benzene rings is 1. The van der Waals surface area contributed by atoms with Crippen molar-refractivity contribution in [1.29, 1.82) is 0 Å². The lowest BCUT2D eigenvalue weighted by Gasteiger charge is -2.07. The van der Waals surface area contributed by atoms with E-state index < -0.39 is 0 Å². The van der Waals surface area contributed by atoms with Crippen molar-refractivity contribution < 1.29 is 9.59 Å². The molecule has 0 spiro atoms. The number of halogens is 1. The van der Waals surface area contributed by atoms with E-state index in [4.69, 9.17) is 0 Å². The first kappa shape index (κ1) is 17.4. The van der Waals surface area contributed by atoms with Crippen molar-refractivity contribution in [2.24, 2.45) is 0 Å². The fraction of sp³-hybridized carbons (Fsp3) is 0.158. The van der Waals surface area contributed by atoms with E-state index in [1.807, 2.05) is 0 Å². The van der Waals surface area contributed by atoms with Crippen LogP contribution < -0.4 is 10.6 Å². The average molecular weight is 426 g/mol. The number of aromatic nitrogens is 3. The third-order valence-corrected chi connectivity index (χ3v) is 4.67. The Kier molecular flexibility index (Phi) is 4.72. The maximum absolute atomic E-state index is 12.4. The van der Waals surface area contributed by atoms with Crippen molar-refractivity contribution >= 4 is 39.2 Å². The molecule has 2 aromatic heterocycles. The molecule has 0 aliphatic heterocycles. The lowest BCUT2D eigenvalue weighted by atomic mass is 10.2. The maximum atomic E-state index is 12.4. The number of nitrogens with zero attached hydrogens (tertiary/aromatic N) is 2. The summed E-state index contributed by atoms with van der Waals surface area (Å²) in [6, 6.07) is 12.0. The zero-order valence-electron chi connectivity index (χ0n) is 14.2. The normalized spacial score (nSPS) is 13.2.